The van der Waals surface area contributed by atoms with Crippen LogP contribution in [0.4, 0.5) is 0 Å². The number of aromatic nitrogens is 2. The van der Waals surface area contributed by atoms with Gasteiger partial charge in [0.1, 0.15) is 5.78 Å². The molecule has 1 fully saturated rings. The molecule has 17 heavy (non-hydrogen) atoms. The fourth-order valence-electron chi connectivity index (χ4n) is 2.65. The number of carbonyl (C=O) groups excluding carboxylic acids is 1. The maximum absolute atomic E-state index is 11.8. The molecule has 0 N–H and O–H groups in total. The molecule has 1 aromatic rings. The Hall–Kier alpha value is -1.12. The van der Waals surface area contributed by atoms with E-state index in [9.17, 15) is 4.79 Å². The number of aryl methyl sites for hydroxylation is 2. The van der Waals surface area contributed by atoms with Gasteiger partial charge in [-0.25, -0.2) is 0 Å². The van der Waals surface area contributed by atoms with Gasteiger partial charge < -0.3 is 0 Å². The highest BCUT2D eigenvalue weighted by molar-refractivity contribution is 5.81. The van der Waals surface area contributed by atoms with Crippen molar-refractivity contribution in [2.75, 3.05) is 0 Å². The molecule has 1 aliphatic carbocycles. The lowest BCUT2D eigenvalue weighted by Crippen LogP contribution is -2.22. The molecule has 1 aromatic heterocycles. The molecule has 0 spiro atoms. The topological polar surface area (TPSA) is 34.9 Å². The third-order valence-electron chi connectivity index (χ3n) is 3.71. The van der Waals surface area contributed by atoms with E-state index < -0.39 is 0 Å². The highest BCUT2D eigenvalue weighted by Gasteiger charge is 2.23. The van der Waals surface area contributed by atoms with Gasteiger partial charge in [0.15, 0.2) is 0 Å². The van der Waals surface area contributed by atoms with Crippen molar-refractivity contribution in [2.45, 2.75) is 58.9 Å². The van der Waals surface area contributed by atoms with E-state index in [0.29, 0.717) is 5.78 Å². The molecule has 1 saturated carbocycles. The minimum absolute atomic E-state index is 0.246. The molecular formula is C14H22N2O. The molecule has 0 bridgehead atoms. The van der Waals surface area contributed by atoms with Gasteiger partial charge in [-0.2, -0.15) is 5.10 Å². The zero-order valence-corrected chi connectivity index (χ0v) is 10.9. The third kappa shape index (κ3) is 2.76. The summed E-state index contributed by atoms with van der Waals surface area (Å²) in [5, 5.41) is 4.54. The fraction of sp³-hybridized carbons (Fsp3) is 0.714. The minimum atomic E-state index is 0.246. The van der Waals surface area contributed by atoms with E-state index in [-0.39, 0.29) is 5.92 Å². The van der Waals surface area contributed by atoms with Crippen molar-refractivity contribution in [3.8, 4) is 0 Å². The molecule has 0 aromatic carbocycles. The van der Waals surface area contributed by atoms with Crippen molar-refractivity contribution in [1.29, 1.82) is 0 Å². The van der Waals surface area contributed by atoms with Crippen LogP contribution >= 0.6 is 0 Å². The van der Waals surface area contributed by atoms with E-state index >= 15 is 0 Å². The summed E-state index contributed by atoms with van der Waals surface area (Å²) in [6.45, 7) is 5.13. The largest absolute Gasteiger partial charge is 0.299 e. The van der Waals surface area contributed by atoms with Gasteiger partial charge in [0.25, 0.3) is 0 Å². The van der Waals surface area contributed by atoms with Crippen LogP contribution in [0.2, 0.25) is 0 Å². The lowest BCUT2D eigenvalue weighted by molar-refractivity contribution is -0.124. The van der Waals surface area contributed by atoms with E-state index in [0.717, 1.165) is 44.3 Å². The van der Waals surface area contributed by atoms with E-state index in [1.807, 2.05) is 0 Å². The summed E-state index contributed by atoms with van der Waals surface area (Å²) in [4.78, 5) is 11.8. The van der Waals surface area contributed by atoms with Gasteiger partial charge >= 0.3 is 0 Å². The third-order valence-corrected chi connectivity index (χ3v) is 3.71. The maximum Gasteiger partial charge on any atom is 0.136 e. The highest BCUT2D eigenvalue weighted by Crippen LogP contribution is 2.24. The van der Waals surface area contributed by atoms with Crippen LogP contribution in [0.1, 0.15) is 50.9 Å². The van der Waals surface area contributed by atoms with Gasteiger partial charge in [-0.15, -0.1) is 0 Å². The standard InChI is InChI=1S/C14H22N2O/c1-3-12-10-13(16(4-2)15-12)9-11-7-5-6-8-14(11)17/h10-11H,3-9H2,1-2H3. The van der Waals surface area contributed by atoms with Crippen LogP contribution in [0.3, 0.4) is 0 Å². The quantitative estimate of drug-likeness (QED) is 0.803. The first kappa shape index (κ1) is 12.3. The first-order valence-corrected chi connectivity index (χ1v) is 6.82. The molecule has 2 rings (SSSR count). The van der Waals surface area contributed by atoms with Crippen LogP contribution < -0.4 is 0 Å². The Morgan fingerprint density at radius 3 is 2.88 bits per heavy atom. The zero-order chi connectivity index (χ0) is 12.3. The lowest BCUT2D eigenvalue weighted by Gasteiger charge is -2.20. The van der Waals surface area contributed by atoms with E-state index in [1.165, 1.54) is 12.1 Å². The summed E-state index contributed by atoms with van der Waals surface area (Å²) < 4.78 is 2.06. The Morgan fingerprint density at radius 1 is 1.41 bits per heavy atom. The second kappa shape index (κ2) is 5.48. The number of hydrogen-bond acceptors (Lipinski definition) is 2. The highest BCUT2D eigenvalue weighted by atomic mass is 16.1. The van der Waals surface area contributed by atoms with E-state index in [2.05, 4.69) is 29.7 Å². The average molecular weight is 234 g/mol. The molecule has 0 saturated heterocycles. The van der Waals surface area contributed by atoms with Crippen LogP contribution in [0, 0.1) is 5.92 Å². The van der Waals surface area contributed by atoms with Crippen LogP contribution in [-0.2, 0) is 24.2 Å². The van der Waals surface area contributed by atoms with E-state index in [4.69, 9.17) is 0 Å². The second-order valence-electron chi connectivity index (χ2n) is 4.91. The van der Waals surface area contributed by atoms with Gasteiger partial charge in [0, 0.05) is 24.6 Å². The summed E-state index contributed by atoms with van der Waals surface area (Å²) in [5.74, 6) is 0.702. The first-order chi connectivity index (χ1) is 8.24. The molecule has 0 amide bonds. The predicted octanol–water partition coefficient (Wildman–Crippen LogP) is 2.77. The molecule has 0 radical (unpaired) electrons. The number of carbonyl (C=O) groups is 1. The molecule has 1 unspecified atom stereocenters. The molecule has 94 valence electrons. The molecule has 0 aliphatic heterocycles. The van der Waals surface area contributed by atoms with Gasteiger partial charge in [0.2, 0.25) is 0 Å². The smallest absolute Gasteiger partial charge is 0.136 e. The average Bonchev–Trinajstić information content (AvgIpc) is 2.74. The summed E-state index contributed by atoms with van der Waals surface area (Å²) in [7, 11) is 0. The van der Waals surface area contributed by atoms with Crippen molar-refractivity contribution < 1.29 is 4.79 Å². The Labute approximate surface area is 103 Å². The number of Topliss-reactive ketones (excluding diaryl/α,β-unsaturated/α-hetero) is 1. The van der Waals surface area contributed by atoms with Gasteiger partial charge in [-0.3, -0.25) is 9.48 Å². The van der Waals surface area contributed by atoms with Crippen molar-refractivity contribution in [3.05, 3.63) is 17.5 Å². The maximum atomic E-state index is 11.8. The molecule has 1 heterocycles. The molecule has 1 atom stereocenters. The van der Waals surface area contributed by atoms with Crippen LogP contribution in [-0.4, -0.2) is 15.6 Å². The van der Waals surface area contributed by atoms with Gasteiger partial charge in [0.05, 0.1) is 5.69 Å². The number of nitrogens with zero attached hydrogens (tertiary/aromatic N) is 2. The Balaban J connectivity index is 2.11. The van der Waals surface area contributed by atoms with Crippen molar-refractivity contribution in [2.24, 2.45) is 5.92 Å². The zero-order valence-electron chi connectivity index (χ0n) is 10.9. The van der Waals surface area contributed by atoms with Gasteiger partial charge in [-0.05, 0) is 38.7 Å². The lowest BCUT2D eigenvalue weighted by atomic mass is 9.85. The number of hydrogen-bond donors (Lipinski definition) is 0. The summed E-state index contributed by atoms with van der Waals surface area (Å²) in [5.41, 5.74) is 2.38. The van der Waals surface area contributed by atoms with Crippen molar-refractivity contribution in [1.82, 2.24) is 9.78 Å². The monoisotopic (exact) mass is 234 g/mol. The molecular weight excluding hydrogens is 212 g/mol. The number of rotatable bonds is 4. The van der Waals surface area contributed by atoms with E-state index in [1.54, 1.807) is 0 Å². The summed E-state index contributed by atoms with van der Waals surface area (Å²) >= 11 is 0. The summed E-state index contributed by atoms with van der Waals surface area (Å²) in [6.07, 6.45) is 6.00. The number of ketones is 1. The van der Waals surface area contributed by atoms with Crippen LogP contribution in [0.25, 0.3) is 0 Å². The fourth-order valence-corrected chi connectivity index (χ4v) is 2.65. The van der Waals surface area contributed by atoms with Crippen LogP contribution in [0.5, 0.6) is 0 Å². The van der Waals surface area contributed by atoms with Crippen LogP contribution in [0.15, 0.2) is 6.07 Å². The predicted molar refractivity (Wildman–Crippen MR) is 67.9 cm³/mol. The van der Waals surface area contributed by atoms with Crippen molar-refractivity contribution in [3.63, 3.8) is 0 Å². The Kier molecular flexibility index (Phi) is 3.97. The SMILES string of the molecule is CCc1cc(CC2CCCCC2=O)n(CC)n1. The summed E-state index contributed by atoms with van der Waals surface area (Å²) in [6, 6.07) is 2.17. The second-order valence-corrected chi connectivity index (χ2v) is 4.91. The normalized spacial score (nSPS) is 20.8. The Bertz CT molecular complexity index is 395. The van der Waals surface area contributed by atoms with Gasteiger partial charge in [-0.1, -0.05) is 13.3 Å². The first-order valence-electron chi connectivity index (χ1n) is 6.82. The van der Waals surface area contributed by atoms with Crippen molar-refractivity contribution >= 4 is 5.78 Å². The molecule has 3 nitrogen and oxygen atoms in total. The molecule has 1 aliphatic rings. The molecule has 3 heteroatoms. The minimum Gasteiger partial charge on any atom is -0.299 e. The Morgan fingerprint density at radius 2 is 2.24 bits per heavy atom.